The molecule has 0 spiro atoms. The molecule has 2 aliphatic rings. The predicted molar refractivity (Wildman–Crippen MR) is 108 cm³/mol. The highest BCUT2D eigenvalue weighted by Gasteiger charge is 2.44. The predicted octanol–water partition coefficient (Wildman–Crippen LogP) is 6.00. The number of rotatable bonds is 4. The van der Waals surface area contributed by atoms with Crippen molar-refractivity contribution in [1.29, 1.82) is 0 Å². The topological polar surface area (TPSA) is 46.6 Å². The lowest BCUT2D eigenvalue weighted by Crippen LogP contribution is -2.55. The van der Waals surface area contributed by atoms with E-state index in [1.54, 1.807) is 4.90 Å². The molecule has 2 aromatic carbocycles. The van der Waals surface area contributed by atoms with Crippen LogP contribution < -0.4 is 0 Å². The highest BCUT2D eigenvalue weighted by molar-refractivity contribution is 5.98. The molecular formula is C24H23F4NO3. The lowest BCUT2D eigenvalue weighted by Gasteiger charge is -2.47. The molecular weight excluding hydrogens is 426 g/mol. The summed E-state index contributed by atoms with van der Waals surface area (Å²) in [6.45, 7) is 0.132. The summed E-state index contributed by atoms with van der Waals surface area (Å²) in [6.07, 6.45) is -2.32. The number of ketones is 1. The molecule has 170 valence electrons. The zero-order valence-corrected chi connectivity index (χ0v) is 17.3. The minimum atomic E-state index is -4.66. The molecule has 2 aromatic rings. The Hall–Kier alpha value is -2.90. The monoisotopic (exact) mass is 449 g/mol. The van der Waals surface area contributed by atoms with Gasteiger partial charge in [-0.15, -0.1) is 0 Å². The maximum absolute atomic E-state index is 14.2. The standard InChI is InChI=1S/C24H23F4NO3/c25-21-10-9-17(24(26,27)28)13-20(21)22(30)16-11-18-7-4-8-19(12-16)29(18)23(31)32-14-15-5-2-1-3-6-15/h1-3,5-6,9-10,13,16,18-19H,4,7-8,11-12,14H2. The van der Waals surface area contributed by atoms with Gasteiger partial charge in [-0.3, -0.25) is 4.79 Å². The van der Waals surface area contributed by atoms with Gasteiger partial charge in [0.25, 0.3) is 0 Å². The van der Waals surface area contributed by atoms with E-state index in [1.165, 1.54) is 0 Å². The summed E-state index contributed by atoms with van der Waals surface area (Å²) in [5.74, 6) is -2.23. The third kappa shape index (κ3) is 4.64. The van der Waals surface area contributed by atoms with Crippen molar-refractivity contribution in [3.05, 3.63) is 71.0 Å². The minimum Gasteiger partial charge on any atom is -0.445 e. The van der Waals surface area contributed by atoms with Crippen molar-refractivity contribution < 1.29 is 31.9 Å². The van der Waals surface area contributed by atoms with Crippen LogP contribution in [0.5, 0.6) is 0 Å². The maximum Gasteiger partial charge on any atom is 0.416 e. The van der Waals surface area contributed by atoms with E-state index in [0.29, 0.717) is 31.0 Å². The Balaban J connectivity index is 1.47. The van der Waals surface area contributed by atoms with E-state index in [-0.39, 0.29) is 31.5 Å². The number of fused-ring (bicyclic) bond motifs is 2. The van der Waals surface area contributed by atoms with E-state index in [9.17, 15) is 27.2 Å². The first-order chi connectivity index (χ1) is 15.2. The molecule has 2 unspecified atom stereocenters. The lowest BCUT2D eigenvalue weighted by molar-refractivity contribution is -0.137. The SMILES string of the molecule is O=C(c1cc(C(F)(F)F)ccc1F)C1CC2CCCC(C1)N2C(=O)OCc1ccccc1. The smallest absolute Gasteiger partial charge is 0.416 e. The zero-order valence-electron chi connectivity index (χ0n) is 17.3. The average molecular weight is 449 g/mol. The summed E-state index contributed by atoms with van der Waals surface area (Å²) in [4.78, 5) is 27.4. The molecule has 32 heavy (non-hydrogen) atoms. The first-order valence-electron chi connectivity index (χ1n) is 10.6. The van der Waals surface area contributed by atoms with E-state index in [0.717, 1.165) is 12.0 Å². The highest BCUT2D eigenvalue weighted by Crippen LogP contribution is 2.39. The van der Waals surface area contributed by atoms with E-state index < -0.39 is 40.9 Å². The van der Waals surface area contributed by atoms with Gasteiger partial charge in [-0.25, -0.2) is 9.18 Å². The molecule has 0 radical (unpaired) electrons. The highest BCUT2D eigenvalue weighted by atomic mass is 19.4. The Kier molecular flexibility index (Phi) is 6.22. The van der Waals surface area contributed by atoms with Crippen molar-refractivity contribution >= 4 is 11.9 Å². The Bertz CT molecular complexity index is 978. The van der Waals surface area contributed by atoms with Crippen molar-refractivity contribution in [2.24, 2.45) is 5.92 Å². The molecule has 0 N–H and O–H groups in total. The molecule has 0 aromatic heterocycles. The molecule has 2 bridgehead atoms. The Labute approximate surface area is 183 Å². The fourth-order valence-corrected chi connectivity index (χ4v) is 4.80. The summed E-state index contributed by atoms with van der Waals surface area (Å²) >= 11 is 0. The van der Waals surface area contributed by atoms with Gasteiger partial charge in [-0.05, 0) is 55.9 Å². The Morgan fingerprint density at radius 1 is 1.00 bits per heavy atom. The van der Waals surface area contributed by atoms with E-state index in [2.05, 4.69) is 0 Å². The Morgan fingerprint density at radius 3 is 2.28 bits per heavy atom. The van der Waals surface area contributed by atoms with Crippen LogP contribution in [0.4, 0.5) is 22.4 Å². The number of carbonyl (C=O) groups is 2. The number of amides is 1. The van der Waals surface area contributed by atoms with Crippen molar-refractivity contribution in [1.82, 2.24) is 4.90 Å². The van der Waals surface area contributed by atoms with Crippen LogP contribution in [-0.4, -0.2) is 28.9 Å². The zero-order chi connectivity index (χ0) is 22.9. The summed E-state index contributed by atoms with van der Waals surface area (Å²) in [5, 5.41) is 0. The van der Waals surface area contributed by atoms with Gasteiger partial charge in [0.1, 0.15) is 12.4 Å². The molecule has 1 amide bonds. The fourth-order valence-electron chi connectivity index (χ4n) is 4.80. The van der Waals surface area contributed by atoms with Gasteiger partial charge in [-0.2, -0.15) is 13.2 Å². The third-order valence-corrected chi connectivity index (χ3v) is 6.32. The van der Waals surface area contributed by atoms with Crippen molar-refractivity contribution in [2.75, 3.05) is 0 Å². The van der Waals surface area contributed by atoms with Crippen LogP contribution in [0.15, 0.2) is 48.5 Å². The summed E-state index contributed by atoms with van der Waals surface area (Å²) in [6, 6.07) is 10.7. The van der Waals surface area contributed by atoms with Gasteiger partial charge in [0.15, 0.2) is 5.78 Å². The van der Waals surface area contributed by atoms with Gasteiger partial charge in [0.05, 0.1) is 11.1 Å². The Morgan fingerprint density at radius 2 is 1.66 bits per heavy atom. The van der Waals surface area contributed by atoms with Gasteiger partial charge in [0.2, 0.25) is 0 Å². The van der Waals surface area contributed by atoms with Crippen molar-refractivity contribution in [3.8, 4) is 0 Å². The summed E-state index contributed by atoms with van der Waals surface area (Å²) in [7, 11) is 0. The van der Waals surface area contributed by atoms with Crippen LogP contribution in [0, 0.1) is 11.7 Å². The average Bonchev–Trinajstić information content (AvgIpc) is 2.76. The quantitative estimate of drug-likeness (QED) is 0.425. The normalized spacial score (nSPS) is 23.0. The number of piperidine rings is 2. The van der Waals surface area contributed by atoms with Crippen LogP contribution >= 0.6 is 0 Å². The fraction of sp³-hybridized carbons (Fsp3) is 0.417. The van der Waals surface area contributed by atoms with Gasteiger partial charge in [-0.1, -0.05) is 30.3 Å². The molecule has 2 heterocycles. The largest absolute Gasteiger partial charge is 0.445 e. The van der Waals surface area contributed by atoms with E-state index >= 15 is 0 Å². The number of hydrogen-bond acceptors (Lipinski definition) is 3. The third-order valence-electron chi connectivity index (χ3n) is 6.32. The van der Waals surface area contributed by atoms with Crippen LogP contribution in [0.25, 0.3) is 0 Å². The molecule has 0 aliphatic carbocycles. The molecule has 4 rings (SSSR count). The van der Waals surface area contributed by atoms with Crippen molar-refractivity contribution in [3.63, 3.8) is 0 Å². The molecule has 0 saturated carbocycles. The number of ether oxygens (including phenoxy) is 1. The van der Waals surface area contributed by atoms with Crippen LogP contribution in [-0.2, 0) is 17.5 Å². The van der Waals surface area contributed by atoms with E-state index in [4.69, 9.17) is 4.74 Å². The van der Waals surface area contributed by atoms with Crippen molar-refractivity contribution in [2.45, 2.75) is 57.0 Å². The first-order valence-corrected chi connectivity index (χ1v) is 10.6. The second-order valence-electron chi connectivity index (χ2n) is 8.41. The number of nitrogens with zero attached hydrogens (tertiary/aromatic N) is 1. The molecule has 2 fully saturated rings. The number of Topliss-reactive ketones (excluding diaryl/α,β-unsaturated/α-hetero) is 1. The number of benzene rings is 2. The second-order valence-corrected chi connectivity index (χ2v) is 8.41. The second kappa shape index (κ2) is 8.92. The van der Waals surface area contributed by atoms with Gasteiger partial charge in [0, 0.05) is 18.0 Å². The van der Waals surface area contributed by atoms with Crippen LogP contribution in [0.1, 0.15) is 53.6 Å². The molecule has 2 aliphatic heterocycles. The number of carbonyl (C=O) groups excluding carboxylic acids is 2. The van der Waals surface area contributed by atoms with E-state index in [1.807, 2.05) is 30.3 Å². The number of alkyl halides is 3. The van der Waals surface area contributed by atoms with Crippen LogP contribution in [0.2, 0.25) is 0 Å². The van der Waals surface area contributed by atoms with Gasteiger partial charge < -0.3 is 9.64 Å². The minimum absolute atomic E-state index is 0.132. The summed E-state index contributed by atoms with van der Waals surface area (Å²) in [5.41, 5.74) is -0.733. The molecule has 8 heteroatoms. The number of hydrogen-bond donors (Lipinski definition) is 0. The molecule has 2 saturated heterocycles. The summed E-state index contributed by atoms with van der Waals surface area (Å²) < 4.78 is 58.8. The lowest BCUT2D eigenvalue weighted by atomic mass is 9.75. The van der Waals surface area contributed by atoms with Gasteiger partial charge >= 0.3 is 12.3 Å². The number of halogens is 4. The van der Waals surface area contributed by atoms with Crippen LogP contribution in [0.3, 0.4) is 0 Å². The first kappa shape index (κ1) is 22.3. The molecule has 2 atom stereocenters. The maximum atomic E-state index is 14.2. The molecule has 4 nitrogen and oxygen atoms in total.